The van der Waals surface area contributed by atoms with Crippen LogP contribution in [0.25, 0.3) is 0 Å². The Labute approximate surface area is 94.6 Å². The molecule has 0 spiro atoms. The molecule has 88 valence electrons. The molecule has 0 aromatic heterocycles. The fourth-order valence-corrected chi connectivity index (χ4v) is 3.16. The lowest BCUT2D eigenvalue weighted by Gasteiger charge is -2.32. The van der Waals surface area contributed by atoms with Crippen molar-refractivity contribution in [2.24, 2.45) is 17.8 Å². The van der Waals surface area contributed by atoms with Crippen molar-refractivity contribution in [3.05, 3.63) is 0 Å². The van der Waals surface area contributed by atoms with Gasteiger partial charge in [0.05, 0.1) is 6.10 Å². The highest BCUT2D eigenvalue weighted by Gasteiger charge is 2.24. The van der Waals surface area contributed by atoms with Crippen LogP contribution in [-0.2, 0) is 4.74 Å². The topological polar surface area (TPSA) is 9.23 Å². The second kappa shape index (κ2) is 5.34. The van der Waals surface area contributed by atoms with E-state index in [1.165, 1.54) is 44.9 Å². The van der Waals surface area contributed by atoms with Gasteiger partial charge in [0, 0.05) is 6.61 Å². The minimum absolute atomic E-state index is 0.521. The van der Waals surface area contributed by atoms with Crippen LogP contribution < -0.4 is 0 Å². The molecule has 2 rings (SSSR count). The van der Waals surface area contributed by atoms with E-state index in [4.69, 9.17) is 4.74 Å². The van der Waals surface area contributed by atoms with Crippen LogP contribution in [0.5, 0.6) is 0 Å². The molecule has 1 heteroatoms. The van der Waals surface area contributed by atoms with Gasteiger partial charge in [-0.15, -0.1) is 0 Å². The molecule has 1 aliphatic carbocycles. The zero-order chi connectivity index (χ0) is 10.7. The molecule has 2 aliphatic rings. The first kappa shape index (κ1) is 11.4. The van der Waals surface area contributed by atoms with Gasteiger partial charge in [-0.3, -0.25) is 0 Å². The predicted octanol–water partition coefficient (Wildman–Crippen LogP) is 4.02. The average Bonchev–Trinajstić information content (AvgIpc) is 2.25. The Morgan fingerprint density at radius 1 is 0.867 bits per heavy atom. The van der Waals surface area contributed by atoms with Crippen LogP contribution in [-0.4, -0.2) is 12.7 Å². The summed E-state index contributed by atoms with van der Waals surface area (Å²) in [6, 6.07) is 0. The molecule has 2 atom stereocenters. The molecule has 0 amide bonds. The summed E-state index contributed by atoms with van der Waals surface area (Å²) in [6.45, 7) is 5.65. The van der Waals surface area contributed by atoms with Crippen molar-refractivity contribution >= 4 is 0 Å². The van der Waals surface area contributed by atoms with Gasteiger partial charge in [0.25, 0.3) is 0 Å². The molecule has 0 radical (unpaired) electrons. The molecule has 1 saturated carbocycles. The Balaban J connectivity index is 1.68. The summed E-state index contributed by atoms with van der Waals surface area (Å²) in [5.74, 6) is 2.88. The van der Waals surface area contributed by atoms with Crippen LogP contribution in [0.2, 0.25) is 0 Å². The van der Waals surface area contributed by atoms with Gasteiger partial charge in [0.1, 0.15) is 0 Å². The lowest BCUT2D eigenvalue weighted by Crippen LogP contribution is -2.26. The monoisotopic (exact) mass is 210 g/mol. The van der Waals surface area contributed by atoms with E-state index < -0.39 is 0 Å². The Morgan fingerprint density at radius 3 is 2.13 bits per heavy atom. The maximum atomic E-state index is 5.75. The van der Waals surface area contributed by atoms with Crippen molar-refractivity contribution < 1.29 is 4.74 Å². The van der Waals surface area contributed by atoms with Gasteiger partial charge in [-0.2, -0.15) is 0 Å². The molecular formula is C14H26O. The Morgan fingerprint density at radius 2 is 1.53 bits per heavy atom. The van der Waals surface area contributed by atoms with Gasteiger partial charge in [-0.25, -0.2) is 0 Å². The molecule has 1 nitrogen and oxygen atoms in total. The van der Waals surface area contributed by atoms with Gasteiger partial charge in [-0.05, 0) is 43.9 Å². The van der Waals surface area contributed by atoms with Crippen LogP contribution >= 0.6 is 0 Å². The number of hydrogen-bond acceptors (Lipinski definition) is 1. The van der Waals surface area contributed by atoms with Gasteiger partial charge in [0.2, 0.25) is 0 Å². The molecule has 0 bridgehead atoms. The highest BCUT2D eigenvalue weighted by atomic mass is 16.5. The summed E-state index contributed by atoms with van der Waals surface area (Å²) >= 11 is 0. The third-order valence-electron chi connectivity index (χ3n) is 4.40. The lowest BCUT2D eigenvalue weighted by molar-refractivity contribution is -0.0133. The van der Waals surface area contributed by atoms with Crippen molar-refractivity contribution in [2.45, 2.75) is 64.9 Å². The third kappa shape index (κ3) is 3.48. The van der Waals surface area contributed by atoms with E-state index in [9.17, 15) is 0 Å². The molecule has 1 saturated heterocycles. The van der Waals surface area contributed by atoms with Crippen LogP contribution in [0.15, 0.2) is 0 Å². The highest BCUT2D eigenvalue weighted by molar-refractivity contribution is 4.75. The molecule has 1 heterocycles. The summed E-state index contributed by atoms with van der Waals surface area (Å²) < 4.78 is 5.75. The maximum absolute atomic E-state index is 5.75. The molecule has 0 aromatic carbocycles. The SMILES string of the molecule is CC1CCC(CC2CCC(C)OC2)CC1. The number of rotatable bonds is 2. The van der Waals surface area contributed by atoms with Crippen LogP contribution in [0, 0.1) is 17.8 Å². The highest BCUT2D eigenvalue weighted by Crippen LogP contribution is 2.34. The van der Waals surface area contributed by atoms with Gasteiger partial charge >= 0.3 is 0 Å². The second-order valence-corrected chi connectivity index (χ2v) is 5.95. The van der Waals surface area contributed by atoms with E-state index in [1.54, 1.807) is 0 Å². The van der Waals surface area contributed by atoms with E-state index in [2.05, 4.69) is 13.8 Å². The Kier molecular flexibility index (Phi) is 4.07. The summed E-state index contributed by atoms with van der Waals surface area (Å²) in [4.78, 5) is 0. The zero-order valence-corrected chi connectivity index (χ0v) is 10.4. The first-order chi connectivity index (χ1) is 7.24. The summed E-state index contributed by atoms with van der Waals surface area (Å²) in [7, 11) is 0. The van der Waals surface area contributed by atoms with Crippen LogP contribution in [0.4, 0.5) is 0 Å². The first-order valence-corrected chi connectivity index (χ1v) is 6.85. The minimum Gasteiger partial charge on any atom is -0.378 e. The summed E-state index contributed by atoms with van der Waals surface area (Å²) in [5.41, 5.74) is 0. The lowest BCUT2D eigenvalue weighted by atomic mass is 9.77. The third-order valence-corrected chi connectivity index (χ3v) is 4.40. The van der Waals surface area contributed by atoms with E-state index in [-0.39, 0.29) is 0 Å². The van der Waals surface area contributed by atoms with Crippen molar-refractivity contribution in [2.75, 3.05) is 6.61 Å². The quantitative estimate of drug-likeness (QED) is 0.669. The fourth-order valence-electron chi connectivity index (χ4n) is 3.16. The van der Waals surface area contributed by atoms with Crippen molar-refractivity contribution in [3.63, 3.8) is 0 Å². The predicted molar refractivity (Wildman–Crippen MR) is 63.9 cm³/mol. The van der Waals surface area contributed by atoms with Crippen molar-refractivity contribution in [1.29, 1.82) is 0 Å². The number of hydrogen-bond donors (Lipinski definition) is 0. The molecule has 15 heavy (non-hydrogen) atoms. The standard InChI is InChI=1S/C14H26O/c1-11-3-6-13(7-4-11)9-14-8-5-12(2)15-10-14/h11-14H,3-10H2,1-2H3. The van der Waals surface area contributed by atoms with Crippen molar-refractivity contribution in [3.8, 4) is 0 Å². The van der Waals surface area contributed by atoms with Crippen LogP contribution in [0.1, 0.15) is 58.8 Å². The minimum atomic E-state index is 0.521. The van der Waals surface area contributed by atoms with Gasteiger partial charge in [0.15, 0.2) is 0 Å². The average molecular weight is 210 g/mol. The molecule has 0 aromatic rings. The molecular weight excluding hydrogens is 184 g/mol. The van der Waals surface area contributed by atoms with Gasteiger partial charge < -0.3 is 4.74 Å². The summed E-state index contributed by atoms with van der Waals surface area (Å²) in [5, 5.41) is 0. The maximum Gasteiger partial charge on any atom is 0.0547 e. The van der Waals surface area contributed by atoms with Crippen LogP contribution in [0.3, 0.4) is 0 Å². The molecule has 2 unspecified atom stereocenters. The summed E-state index contributed by atoms with van der Waals surface area (Å²) in [6.07, 6.45) is 10.6. The van der Waals surface area contributed by atoms with E-state index in [0.29, 0.717) is 6.10 Å². The molecule has 1 aliphatic heterocycles. The first-order valence-electron chi connectivity index (χ1n) is 6.85. The van der Waals surface area contributed by atoms with Crippen molar-refractivity contribution in [1.82, 2.24) is 0 Å². The normalized spacial score (nSPS) is 42.8. The number of ether oxygens (including phenoxy) is 1. The zero-order valence-electron chi connectivity index (χ0n) is 10.4. The van der Waals surface area contributed by atoms with E-state index in [0.717, 1.165) is 24.4 Å². The molecule has 0 N–H and O–H groups in total. The largest absolute Gasteiger partial charge is 0.378 e. The fraction of sp³-hybridized carbons (Fsp3) is 1.00. The van der Waals surface area contributed by atoms with Gasteiger partial charge in [-0.1, -0.05) is 32.6 Å². The van der Waals surface area contributed by atoms with E-state index >= 15 is 0 Å². The smallest absolute Gasteiger partial charge is 0.0547 e. The Bertz CT molecular complexity index is 154. The second-order valence-electron chi connectivity index (χ2n) is 5.95. The Hall–Kier alpha value is -0.0400. The van der Waals surface area contributed by atoms with E-state index in [1.807, 2.05) is 0 Å². The molecule has 2 fully saturated rings.